The Bertz CT molecular complexity index is 363. The zero-order valence-corrected chi connectivity index (χ0v) is 11.4. The summed E-state index contributed by atoms with van der Waals surface area (Å²) >= 11 is 6.00. The lowest BCUT2D eigenvalue weighted by Gasteiger charge is -2.15. The molecule has 0 aliphatic carbocycles. The first-order chi connectivity index (χ1) is 8.16. The predicted molar refractivity (Wildman–Crippen MR) is 71.2 cm³/mol. The van der Waals surface area contributed by atoms with E-state index in [0.717, 1.165) is 35.1 Å². The van der Waals surface area contributed by atoms with Crippen LogP contribution in [0.25, 0.3) is 0 Å². The Morgan fingerprint density at radius 3 is 2.35 bits per heavy atom. The van der Waals surface area contributed by atoms with Gasteiger partial charge in [0.25, 0.3) is 0 Å². The van der Waals surface area contributed by atoms with Crippen LogP contribution in [-0.4, -0.2) is 26.2 Å². The van der Waals surface area contributed by atoms with Crippen LogP contribution >= 0.6 is 11.6 Å². The molecule has 0 unspecified atom stereocenters. The molecule has 0 aromatic heterocycles. The van der Waals surface area contributed by atoms with E-state index in [0.29, 0.717) is 0 Å². The van der Waals surface area contributed by atoms with Gasteiger partial charge in [-0.15, -0.1) is 0 Å². The van der Waals surface area contributed by atoms with Crippen molar-refractivity contribution in [1.82, 2.24) is 0 Å². The molecule has 1 heterocycles. The molecule has 1 aliphatic rings. The van der Waals surface area contributed by atoms with Crippen LogP contribution in [-0.2, 0) is 0 Å². The van der Waals surface area contributed by atoms with Crippen LogP contribution in [0.4, 0.5) is 0 Å². The Morgan fingerprint density at radius 1 is 1.18 bits per heavy atom. The monoisotopic (exact) mass is 254 g/mol. The number of aryl methyl sites for hydroxylation is 2. The van der Waals surface area contributed by atoms with E-state index in [-0.39, 0.29) is 0 Å². The molecule has 1 aromatic rings. The van der Waals surface area contributed by atoms with Crippen molar-refractivity contribution >= 4 is 11.6 Å². The average molecular weight is 255 g/mol. The second-order valence-electron chi connectivity index (χ2n) is 4.92. The Labute approximate surface area is 109 Å². The summed E-state index contributed by atoms with van der Waals surface area (Å²) in [6.45, 7) is 8.64. The van der Waals surface area contributed by atoms with Crippen LogP contribution in [0.1, 0.15) is 24.0 Å². The van der Waals surface area contributed by atoms with E-state index >= 15 is 0 Å². The van der Waals surface area contributed by atoms with Gasteiger partial charge in [-0.25, -0.2) is 0 Å². The second kappa shape index (κ2) is 5.74. The van der Waals surface area contributed by atoms with Gasteiger partial charge in [0.15, 0.2) is 0 Å². The molecule has 1 aliphatic heterocycles. The quantitative estimate of drug-likeness (QED) is 0.868. The van der Waals surface area contributed by atoms with Crippen LogP contribution in [0.5, 0.6) is 5.75 Å². The lowest BCUT2D eigenvalue weighted by atomic mass is 10.1. The fourth-order valence-corrected chi connectivity index (χ4v) is 2.87. The van der Waals surface area contributed by atoms with Crippen LogP contribution in [0.2, 0.25) is 5.02 Å². The van der Waals surface area contributed by atoms with Gasteiger partial charge in [0, 0.05) is 17.9 Å². The highest BCUT2D eigenvalue weighted by Crippen LogP contribution is 2.26. The summed E-state index contributed by atoms with van der Waals surface area (Å²) in [5.74, 6) is 1.01. The predicted octanol–water partition coefficient (Wildman–Crippen LogP) is 2.01. The zero-order chi connectivity index (χ0) is 12.3. The number of quaternary nitrogens is 1. The molecular formula is C14H21ClNO+. The number of likely N-dealkylation sites (tertiary alicyclic amines) is 1. The number of benzene rings is 1. The molecule has 1 fully saturated rings. The number of hydrogen-bond acceptors (Lipinski definition) is 1. The molecule has 0 saturated carbocycles. The van der Waals surface area contributed by atoms with Crippen molar-refractivity contribution in [3.63, 3.8) is 0 Å². The number of ether oxygens (including phenoxy) is 1. The molecule has 94 valence electrons. The van der Waals surface area contributed by atoms with Crippen molar-refractivity contribution in [2.24, 2.45) is 0 Å². The third kappa shape index (κ3) is 3.36. The summed E-state index contributed by atoms with van der Waals surface area (Å²) in [7, 11) is 0. The smallest absolute Gasteiger partial charge is 0.137 e. The zero-order valence-electron chi connectivity index (χ0n) is 10.7. The van der Waals surface area contributed by atoms with Gasteiger partial charge < -0.3 is 9.64 Å². The van der Waals surface area contributed by atoms with Gasteiger partial charge in [0.1, 0.15) is 18.9 Å². The first kappa shape index (κ1) is 12.7. The lowest BCUT2D eigenvalue weighted by Crippen LogP contribution is -3.10. The van der Waals surface area contributed by atoms with Gasteiger partial charge in [-0.2, -0.15) is 0 Å². The minimum Gasteiger partial charge on any atom is -0.487 e. The molecule has 0 bridgehead atoms. The van der Waals surface area contributed by atoms with E-state index in [1.54, 1.807) is 4.90 Å². The standard InChI is InChI=1S/C14H20ClNO/c1-11-9-13(15)10-12(2)14(11)17-8-7-16-5-3-4-6-16/h9-10H,3-8H2,1-2H3/p+1. The lowest BCUT2D eigenvalue weighted by molar-refractivity contribution is -0.887. The first-order valence-corrected chi connectivity index (χ1v) is 6.78. The number of hydrogen-bond donors (Lipinski definition) is 1. The molecule has 17 heavy (non-hydrogen) atoms. The van der Waals surface area contributed by atoms with Crippen molar-refractivity contribution in [2.75, 3.05) is 26.2 Å². The fraction of sp³-hybridized carbons (Fsp3) is 0.571. The Morgan fingerprint density at radius 2 is 1.76 bits per heavy atom. The van der Waals surface area contributed by atoms with Crippen LogP contribution < -0.4 is 9.64 Å². The Balaban J connectivity index is 1.89. The van der Waals surface area contributed by atoms with Crippen molar-refractivity contribution in [1.29, 1.82) is 0 Å². The highest BCUT2D eigenvalue weighted by Gasteiger charge is 2.15. The van der Waals surface area contributed by atoms with Crippen molar-refractivity contribution in [2.45, 2.75) is 26.7 Å². The maximum atomic E-state index is 6.00. The summed E-state index contributed by atoms with van der Waals surface area (Å²) in [5, 5.41) is 0.789. The number of rotatable bonds is 4. The summed E-state index contributed by atoms with van der Waals surface area (Å²) in [5.41, 5.74) is 2.26. The highest BCUT2D eigenvalue weighted by molar-refractivity contribution is 6.30. The summed E-state index contributed by atoms with van der Waals surface area (Å²) in [6, 6.07) is 3.93. The van der Waals surface area contributed by atoms with Crippen LogP contribution in [0, 0.1) is 13.8 Å². The molecule has 0 atom stereocenters. The molecular weight excluding hydrogens is 234 g/mol. The molecule has 2 nitrogen and oxygen atoms in total. The topological polar surface area (TPSA) is 13.7 Å². The van der Waals surface area contributed by atoms with E-state index < -0.39 is 0 Å². The van der Waals surface area contributed by atoms with Gasteiger partial charge in [-0.1, -0.05) is 11.6 Å². The number of halogens is 1. The van der Waals surface area contributed by atoms with Crippen LogP contribution in [0.15, 0.2) is 12.1 Å². The molecule has 0 radical (unpaired) electrons. The molecule has 1 N–H and O–H groups in total. The van der Waals surface area contributed by atoms with E-state index in [9.17, 15) is 0 Å². The third-order valence-electron chi connectivity index (χ3n) is 3.44. The molecule has 3 heteroatoms. The molecule has 2 rings (SSSR count). The second-order valence-corrected chi connectivity index (χ2v) is 5.36. The normalized spacial score (nSPS) is 16.4. The van der Waals surface area contributed by atoms with Gasteiger partial charge in [-0.05, 0) is 37.1 Å². The minimum absolute atomic E-state index is 0.789. The molecule has 0 spiro atoms. The maximum absolute atomic E-state index is 6.00. The first-order valence-electron chi connectivity index (χ1n) is 6.40. The van der Waals surface area contributed by atoms with Gasteiger partial charge >= 0.3 is 0 Å². The van der Waals surface area contributed by atoms with Crippen molar-refractivity contribution < 1.29 is 9.64 Å². The maximum Gasteiger partial charge on any atom is 0.137 e. The molecule has 1 aromatic carbocycles. The molecule has 1 saturated heterocycles. The van der Waals surface area contributed by atoms with Crippen molar-refractivity contribution in [3.8, 4) is 5.75 Å². The Kier molecular flexibility index (Phi) is 4.30. The number of nitrogens with one attached hydrogen (secondary N) is 1. The fourth-order valence-electron chi connectivity index (χ4n) is 2.55. The highest BCUT2D eigenvalue weighted by atomic mass is 35.5. The summed E-state index contributed by atoms with van der Waals surface area (Å²) < 4.78 is 5.91. The SMILES string of the molecule is Cc1cc(Cl)cc(C)c1OCC[NH+]1CCCC1. The van der Waals surface area contributed by atoms with E-state index in [2.05, 4.69) is 13.8 Å². The largest absolute Gasteiger partial charge is 0.487 e. The summed E-state index contributed by atoms with van der Waals surface area (Å²) in [6.07, 6.45) is 2.74. The van der Waals surface area contributed by atoms with E-state index in [1.165, 1.54) is 25.9 Å². The summed E-state index contributed by atoms with van der Waals surface area (Å²) in [4.78, 5) is 1.68. The molecule has 0 amide bonds. The average Bonchev–Trinajstić information content (AvgIpc) is 2.74. The van der Waals surface area contributed by atoms with Gasteiger partial charge in [-0.3, -0.25) is 0 Å². The van der Waals surface area contributed by atoms with Gasteiger partial charge in [0.05, 0.1) is 13.1 Å². The van der Waals surface area contributed by atoms with E-state index in [1.807, 2.05) is 12.1 Å². The van der Waals surface area contributed by atoms with Gasteiger partial charge in [0.2, 0.25) is 0 Å². The van der Waals surface area contributed by atoms with E-state index in [4.69, 9.17) is 16.3 Å². The van der Waals surface area contributed by atoms with Crippen LogP contribution in [0.3, 0.4) is 0 Å². The Hall–Kier alpha value is -0.730. The minimum atomic E-state index is 0.789. The van der Waals surface area contributed by atoms with Crippen molar-refractivity contribution in [3.05, 3.63) is 28.3 Å². The third-order valence-corrected chi connectivity index (χ3v) is 3.66.